The Kier molecular flexibility index (Phi) is 4.28. The van der Waals surface area contributed by atoms with E-state index in [0.717, 1.165) is 42.0 Å². The molecule has 7 nitrogen and oxygen atoms in total. The van der Waals surface area contributed by atoms with E-state index in [9.17, 15) is 4.79 Å². The van der Waals surface area contributed by atoms with Crippen LogP contribution in [-0.4, -0.2) is 62.6 Å². The first-order valence-corrected chi connectivity index (χ1v) is 8.85. The van der Waals surface area contributed by atoms with Gasteiger partial charge in [0.25, 0.3) is 0 Å². The number of urea groups is 1. The molecule has 26 heavy (non-hydrogen) atoms. The van der Waals surface area contributed by atoms with Crippen molar-refractivity contribution in [2.45, 2.75) is 18.8 Å². The summed E-state index contributed by atoms with van der Waals surface area (Å²) in [5.41, 5.74) is 3.00. The van der Waals surface area contributed by atoms with Crippen molar-refractivity contribution in [3.63, 3.8) is 0 Å². The van der Waals surface area contributed by atoms with E-state index in [1.54, 1.807) is 31.4 Å². The molecule has 0 bridgehead atoms. The van der Waals surface area contributed by atoms with Gasteiger partial charge in [-0.2, -0.15) is 5.10 Å². The molecule has 3 aromatic heterocycles. The zero-order valence-corrected chi connectivity index (χ0v) is 15.0. The second-order valence-corrected chi connectivity index (χ2v) is 6.89. The van der Waals surface area contributed by atoms with Crippen molar-refractivity contribution in [1.29, 1.82) is 0 Å². The van der Waals surface area contributed by atoms with E-state index in [-0.39, 0.29) is 11.9 Å². The van der Waals surface area contributed by atoms with E-state index in [1.165, 1.54) is 0 Å². The number of carbonyl (C=O) groups excluding carboxylic acids is 1. The summed E-state index contributed by atoms with van der Waals surface area (Å²) < 4.78 is 1.83. The molecule has 1 atom stereocenters. The molecule has 0 aliphatic carbocycles. The lowest BCUT2D eigenvalue weighted by Crippen LogP contribution is -2.44. The number of likely N-dealkylation sites (tertiary alicyclic amines) is 1. The molecule has 1 unspecified atom stereocenters. The molecule has 1 aliphatic rings. The Hall–Kier alpha value is -2.96. The molecule has 1 fully saturated rings. The summed E-state index contributed by atoms with van der Waals surface area (Å²) in [7, 11) is 3.57. The number of aromatic nitrogens is 4. The van der Waals surface area contributed by atoms with Gasteiger partial charge in [-0.05, 0) is 42.7 Å². The van der Waals surface area contributed by atoms with Gasteiger partial charge < -0.3 is 9.80 Å². The lowest BCUT2D eigenvalue weighted by atomic mass is 9.98. The number of fused-ring (bicyclic) bond motifs is 1. The Bertz CT molecular complexity index is 920. The monoisotopic (exact) mass is 350 g/mol. The van der Waals surface area contributed by atoms with Crippen LogP contribution in [-0.2, 0) is 0 Å². The van der Waals surface area contributed by atoms with Crippen LogP contribution in [0.15, 0.2) is 42.9 Å². The van der Waals surface area contributed by atoms with Gasteiger partial charge in [0.1, 0.15) is 0 Å². The topological polar surface area (TPSA) is 66.6 Å². The fraction of sp³-hybridized carbons (Fsp3) is 0.368. The minimum absolute atomic E-state index is 0.0541. The van der Waals surface area contributed by atoms with E-state index in [0.29, 0.717) is 6.54 Å². The van der Waals surface area contributed by atoms with Crippen LogP contribution in [0.4, 0.5) is 4.79 Å². The van der Waals surface area contributed by atoms with Crippen LogP contribution in [0.25, 0.3) is 16.8 Å². The standard InChI is InChI=1S/C19H22N6O/c1-23(2)19(26)24-11-3-4-16(12-24)18-21-17-6-5-15(13-25(17)22-18)14-7-9-20-10-8-14/h5-10,13,16H,3-4,11-12H2,1-2H3. The first-order valence-electron chi connectivity index (χ1n) is 8.85. The predicted octanol–water partition coefficient (Wildman–Crippen LogP) is 2.65. The molecule has 1 aliphatic heterocycles. The van der Waals surface area contributed by atoms with Crippen LogP contribution in [0.3, 0.4) is 0 Å². The zero-order chi connectivity index (χ0) is 18.1. The number of nitrogens with zero attached hydrogens (tertiary/aromatic N) is 6. The van der Waals surface area contributed by atoms with E-state index in [1.807, 2.05) is 39.9 Å². The molecule has 3 aromatic rings. The van der Waals surface area contributed by atoms with Crippen molar-refractivity contribution in [1.82, 2.24) is 29.4 Å². The molecule has 0 aromatic carbocycles. The van der Waals surface area contributed by atoms with Crippen LogP contribution in [0, 0.1) is 0 Å². The van der Waals surface area contributed by atoms with Crippen LogP contribution in [0.1, 0.15) is 24.6 Å². The Morgan fingerprint density at radius 2 is 1.96 bits per heavy atom. The van der Waals surface area contributed by atoms with Gasteiger partial charge in [-0.3, -0.25) is 4.98 Å². The zero-order valence-electron chi connectivity index (χ0n) is 15.0. The van der Waals surface area contributed by atoms with E-state index in [4.69, 9.17) is 10.1 Å². The normalized spacial score (nSPS) is 17.5. The largest absolute Gasteiger partial charge is 0.331 e. The molecule has 0 spiro atoms. The maximum atomic E-state index is 12.2. The first kappa shape index (κ1) is 16.5. The number of carbonyl (C=O) groups is 1. The van der Waals surface area contributed by atoms with E-state index in [2.05, 4.69) is 4.98 Å². The Labute approximate surface area is 152 Å². The molecular weight excluding hydrogens is 328 g/mol. The third-order valence-corrected chi connectivity index (χ3v) is 4.80. The fourth-order valence-electron chi connectivity index (χ4n) is 3.43. The lowest BCUT2D eigenvalue weighted by molar-refractivity contribution is 0.153. The van der Waals surface area contributed by atoms with Gasteiger partial charge in [0.15, 0.2) is 11.5 Å². The number of rotatable bonds is 2. The average molecular weight is 350 g/mol. The number of pyridine rings is 2. The molecule has 7 heteroatoms. The summed E-state index contributed by atoms with van der Waals surface area (Å²) in [5, 5.41) is 4.70. The van der Waals surface area contributed by atoms with Crippen molar-refractivity contribution in [3.8, 4) is 11.1 Å². The molecule has 4 rings (SSSR count). The highest BCUT2D eigenvalue weighted by atomic mass is 16.2. The van der Waals surface area contributed by atoms with Gasteiger partial charge in [0.2, 0.25) is 0 Å². The third kappa shape index (κ3) is 3.12. The third-order valence-electron chi connectivity index (χ3n) is 4.80. The minimum atomic E-state index is 0.0541. The maximum absolute atomic E-state index is 12.2. The fourth-order valence-corrected chi connectivity index (χ4v) is 3.43. The van der Waals surface area contributed by atoms with Crippen molar-refractivity contribution in [2.75, 3.05) is 27.2 Å². The number of hydrogen-bond acceptors (Lipinski definition) is 4. The SMILES string of the molecule is CN(C)C(=O)N1CCCC(c2nc3ccc(-c4ccncc4)cn3n2)C1. The summed E-state index contributed by atoms with van der Waals surface area (Å²) in [6.07, 6.45) is 7.54. The molecular formula is C19H22N6O. The summed E-state index contributed by atoms with van der Waals surface area (Å²) >= 11 is 0. The second-order valence-electron chi connectivity index (χ2n) is 6.89. The van der Waals surface area contributed by atoms with Crippen LogP contribution < -0.4 is 0 Å². The van der Waals surface area contributed by atoms with Crippen molar-refractivity contribution in [3.05, 3.63) is 48.7 Å². The van der Waals surface area contributed by atoms with Gasteiger partial charge in [-0.1, -0.05) is 0 Å². The number of amides is 2. The van der Waals surface area contributed by atoms with Crippen LogP contribution >= 0.6 is 0 Å². The summed E-state index contributed by atoms with van der Waals surface area (Å²) in [4.78, 5) is 24.5. The van der Waals surface area contributed by atoms with E-state index < -0.39 is 0 Å². The molecule has 2 amide bonds. The van der Waals surface area contributed by atoms with Crippen molar-refractivity contribution in [2.24, 2.45) is 0 Å². The van der Waals surface area contributed by atoms with Gasteiger partial charge in [0, 0.05) is 57.3 Å². The summed E-state index contributed by atoms with van der Waals surface area (Å²) in [6.45, 7) is 1.47. The highest BCUT2D eigenvalue weighted by Gasteiger charge is 2.28. The van der Waals surface area contributed by atoms with Gasteiger partial charge in [-0.15, -0.1) is 0 Å². The number of hydrogen-bond donors (Lipinski definition) is 0. The molecule has 0 N–H and O–H groups in total. The Morgan fingerprint density at radius 1 is 1.15 bits per heavy atom. The first-order chi connectivity index (χ1) is 12.6. The molecule has 134 valence electrons. The van der Waals surface area contributed by atoms with Crippen LogP contribution in [0.2, 0.25) is 0 Å². The average Bonchev–Trinajstić information content (AvgIpc) is 3.11. The highest BCUT2D eigenvalue weighted by Crippen LogP contribution is 2.26. The molecule has 4 heterocycles. The predicted molar refractivity (Wildman–Crippen MR) is 98.8 cm³/mol. The van der Waals surface area contributed by atoms with Crippen molar-refractivity contribution < 1.29 is 4.79 Å². The van der Waals surface area contributed by atoms with Crippen LogP contribution in [0.5, 0.6) is 0 Å². The summed E-state index contributed by atoms with van der Waals surface area (Å²) in [5.74, 6) is 0.991. The molecule has 0 radical (unpaired) electrons. The number of piperidine rings is 1. The second kappa shape index (κ2) is 6.74. The quantitative estimate of drug-likeness (QED) is 0.713. The van der Waals surface area contributed by atoms with E-state index >= 15 is 0 Å². The minimum Gasteiger partial charge on any atom is -0.331 e. The Balaban J connectivity index is 1.60. The lowest BCUT2D eigenvalue weighted by Gasteiger charge is -2.33. The van der Waals surface area contributed by atoms with Gasteiger partial charge in [0.05, 0.1) is 0 Å². The molecule has 1 saturated heterocycles. The Morgan fingerprint density at radius 3 is 2.73 bits per heavy atom. The maximum Gasteiger partial charge on any atom is 0.319 e. The van der Waals surface area contributed by atoms with Gasteiger partial charge in [-0.25, -0.2) is 14.3 Å². The molecule has 0 saturated carbocycles. The smallest absolute Gasteiger partial charge is 0.319 e. The van der Waals surface area contributed by atoms with Gasteiger partial charge >= 0.3 is 6.03 Å². The highest BCUT2D eigenvalue weighted by molar-refractivity contribution is 5.74. The summed E-state index contributed by atoms with van der Waals surface area (Å²) in [6, 6.07) is 8.04. The van der Waals surface area contributed by atoms with Crippen molar-refractivity contribution >= 4 is 11.7 Å².